The van der Waals surface area contributed by atoms with Crippen molar-refractivity contribution in [3.05, 3.63) is 23.8 Å². The van der Waals surface area contributed by atoms with Gasteiger partial charge in [-0.05, 0) is 62.8 Å². The Balaban J connectivity index is 1.64. The van der Waals surface area contributed by atoms with Gasteiger partial charge in [-0.2, -0.15) is 0 Å². The number of methoxy groups -OCH3 is 1. The summed E-state index contributed by atoms with van der Waals surface area (Å²) in [6.45, 7) is 6.06. The van der Waals surface area contributed by atoms with Crippen molar-refractivity contribution in [2.24, 2.45) is 23.7 Å². The summed E-state index contributed by atoms with van der Waals surface area (Å²) in [4.78, 5) is 11.1. The molecule has 0 saturated heterocycles. The lowest BCUT2D eigenvalue weighted by Gasteiger charge is -2.19. The van der Waals surface area contributed by atoms with Gasteiger partial charge in [0.2, 0.25) is 0 Å². The first-order chi connectivity index (χ1) is 15.4. The molecule has 0 amide bonds. The van der Waals surface area contributed by atoms with Crippen molar-refractivity contribution in [1.82, 2.24) is 5.32 Å². The normalized spacial score (nSPS) is 26.8. The van der Waals surface area contributed by atoms with Gasteiger partial charge in [0.05, 0.1) is 25.7 Å². The molecule has 0 aromatic heterocycles. The number of fused-ring (bicyclic) bond motifs is 1. The number of hydrogen-bond donors (Lipinski definition) is 3. The lowest BCUT2D eigenvalue weighted by molar-refractivity contribution is -0.140. The molecular weight excluding hydrogens is 402 g/mol. The minimum atomic E-state index is -0.400. The van der Waals surface area contributed by atoms with Crippen LogP contribution in [0.4, 0.5) is 0 Å². The monoisotopic (exact) mass is 449 g/mol. The quantitative estimate of drug-likeness (QED) is 0.180. The van der Waals surface area contributed by atoms with Gasteiger partial charge in [0, 0.05) is 12.5 Å². The van der Waals surface area contributed by atoms with Crippen LogP contribution in [0, 0.1) is 23.7 Å². The van der Waals surface area contributed by atoms with Gasteiger partial charge < -0.3 is 20.3 Å². The van der Waals surface area contributed by atoms with Gasteiger partial charge >= 0.3 is 5.97 Å². The van der Waals surface area contributed by atoms with Gasteiger partial charge in [0.15, 0.2) is 0 Å². The average molecular weight is 450 g/mol. The number of carbonyl (C=O) groups is 1. The fourth-order valence-corrected chi connectivity index (χ4v) is 5.40. The van der Waals surface area contributed by atoms with Gasteiger partial charge in [0.1, 0.15) is 0 Å². The van der Waals surface area contributed by atoms with E-state index in [1.54, 1.807) is 5.57 Å². The van der Waals surface area contributed by atoms with Crippen LogP contribution in [0.2, 0.25) is 0 Å². The zero-order valence-electron chi connectivity index (χ0n) is 20.6. The molecule has 0 aromatic carbocycles. The van der Waals surface area contributed by atoms with Gasteiger partial charge in [-0.1, -0.05) is 63.3 Å². The Hall–Kier alpha value is -1.17. The SMILES string of the molecule is CCCC[C@H](C)C[C@H](O)C=C[C@@H]1[C@H]2CC(CCCCCNCCC(=O)OC)=C[C@H]2C[C@H]1O. The molecule has 2 aliphatic rings. The Bertz CT molecular complexity index is 602. The summed E-state index contributed by atoms with van der Waals surface area (Å²) in [5.74, 6) is 1.55. The summed E-state index contributed by atoms with van der Waals surface area (Å²) in [7, 11) is 1.42. The van der Waals surface area contributed by atoms with Crippen LogP contribution in [0.5, 0.6) is 0 Å². The van der Waals surface area contributed by atoms with E-state index in [9.17, 15) is 15.0 Å². The van der Waals surface area contributed by atoms with E-state index in [4.69, 9.17) is 0 Å². The maximum Gasteiger partial charge on any atom is 0.306 e. The molecule has 1 saturated carbocycles. The average Bonchev–Trinajstić information content (AvgIpc) is 3.28. The zero-order valence-corrected chi connectivity index (χ0v) is 20.6. The van der Waals surface area contributed by atoms with Gasteiger partial charge in [-0.3, -0.25) is 4.79 Å². The number of unbranched alkanes of at least 4 members (excludes halogenated alkanes) is 3. The molecule has 6 atom stereocenters. The maximum atomic E-state index is 11.1. The van der Waals surface area contributed by atoms with E-state index < -0.39 is 6.10 Å². The van der Waals surface area contributed by atoms with Crippen molar-refractivity contribution in [2.75, 3.05) is 20.2 Å². The first kappa shape index (κ1) is 27.1. The number of ether oxygens (including phenoxy) is 1. The number of allylic oxidation sites excluding steroid dienone is 2. The van der Waals surface area contributed by atoms with E-state index in [0.29, 0.717) is 30.7 Å². The van der Waals surface area contributed by atoms with E-state index >= 15 is 0 Å². The molecule has 32 heavy (non-hydrogen) atoms. The number of hydrogen-bond acceptors (Lipinski definition) is 5. The molecule has 5 heteroatoms. The third kappa shape index (κ3) is 9.36. The fraction of sp³-hybridized carbons (Fsp3) is 0.815. The predicted molar refractivity (Wildman–Crippen MR) is 130 cm³/mol. The first-order valence-corrected chi connectivity index (χ1v) is 13.0. The molecule has 1 fully saturated rings. The highest BCUT2D eigenvalue weighted by Crippen LogP contribution is 2.48. The molecule has 0 aromatic rings. The number of rotatable bonds is 16. The molecular formula is C27H47NO4. The van der Waals surface area contributed by atoms with Crippen molar-refractivity contribution in [2.45, 2.75) is 96.7 Å². The molecule has 0 unspecified atom stereocenters. The van der Waals surface area contributed by atoms with Crippen LogP contribution in [0.15, 0.2) is 23.8 Å². The third-order valence-corrected chi connectivity index (χ3v) is 7.28. The van der Waals surface area contributed by atoms with Crippen LogP contribution >= 0.6 is 0 Å². The molecule has 2 rings (SSSR count). The van der Waals surface area contributed by atoms with E-state index in [1.807, 2.05) is 6.08 Å². The molecule has 0 radical (unpaired) electrons. The second-order valence-corrected chi connectivity index (χ2v) is 10.1. The molecule has 0 aliphatic heterocycles. The summed E-state index contributed by atoms with van der Waals surface area (Å²) in [6, 6.07) is 0. The highest BCUT2D eigenvalue weighted by atomic mass is 16.5. The van der Waals surface area contributed by atoms with Crippen LogP contribution in [-0.4, -0.2) is 48.6 Å². The lowest BCUT2D eigenvalue weighted by atomic mass is 9.88. The standard InChI is InChI=1S/C27H47NO4/c1-4-5-9-20(2)16-23(29)11-12-24-25-18-21(17-22(25)19-26(24)30)10-7-6-8-14-28-15-13-27(31)32-3/h11-12,17,20,22-26,28-30H,4-10,13-16,18-19H2,1-3H3/t20-,22-,23+,24+,25-,26+/m0/s1. The van der Waals surface area contributed by atoms with E-state index in [1.165, 1.54) is 39.2 Å². The molecule has 3 N–H and O–H groups in total. The third-order valence-electron chi connectivity index (χ3n) is 7.28. The number of aliphatic hydroxyl groups is 2. The van der Waals surface area contributed by atoms with Crippen molar-refractivity contribution >= 4 is 5.97 Å². The minimum absolute atomic E-state index is 0.162. The highest BCUT2D eigenvalue weighted by Gasteiger charge is 2.43. The summed E-state index contributed by atoms with van der Waals surface area (Å²) in [5.41, 5.74) is 1.55. The number of nitrogens with one attached hydrogen (secondary N) is 1. The second-order valence-electron chi connectivity index (χ2n) is 10.1. The summed E-state index contributed by atoms with van der Waals surface area (Å²) in [6.07, 6.45) is 17.3. The van der Waals surface area contributed by atoms with Gasteiger partial charge in [-0.25, -0.2) is 0 Å². The van der Waals surface area contributed by atoms with Gasteiger partial charge in [0.25, 0.3) is 0 Å². The molecule has 2 aliphatic carbocycles. The van der Waals surface area contributed by atoms with Crippen molar-refractivity contribution < 1.29 is 19.7 Å². The van der Waals surface area contributed by atoms with Crippen molar-refractivity contribution in [3.63, 3.8) is 0 Å². The number of carbonyl (C=O) groups excluding carboxylic acids is 1. The van der Waals surface area contributed by atoms with Crippen molar-refractivity contribution in [1.29, 1.82) is 0 Å². The molecule has 5 nitrogen and oxygen atoms in total. The molecule has 0 bridgehead atoms. The zero-order chi connectivity index (χ0) is 23.3. The van der Waals surface area contributed by atoms with Gasteiger partial charge in [-0.15, -0.1) is 0 Å². The van der Waals surface area contributed by atoms with Crippen LogP contribution in [0.1, 0.15) is 84.5 Å². The number of aliphatic hydroxyl groups excluding tert-OH is 2. The summed E-state index contributed by atoms with van der Waals surface area (Å²) < 4.78 is 4.63. The maximum absolute atomic E-state index is 11.1. The smallest absolute Gasteiger partial charge is 0.306 e. The summed E-state index contributed by atoms with van der Waals surface area (Å²) in [5, 5.41) is 24.3. The molecule has 184 valence electrons. The van der Waals surface area contributed by atoms with E-state index in [0.717, 1.165) is 38.6 Å². The van der Waals surface area contributed by atoms with Crippen LogP contribution in [0.3, 0.4) is 0 Å². The topological polar surface area (TPSA) is 78.8 Å². The number of esters is 1. The largest absolute Gasteiger partial charge is 0.469 e. The summed E-state index contributed by atoms with van der Waals surface area (Å²) >= 11 is 0. The minimum Gasteiger partial charge on any atom is -0.469 e. The van der Waals surface area contributed by atoms with Crippen LogP contribution < -0.4 is 5.32 Å². The second kappa shape index (κ2) is 14.9. The van der Waals surface area contributed by atoms with E-state index in [2.05, 4.69) is 36.1 Å². The van der Waals surface area contributed by atoms with Crippen LogP contribution in [0.25, 0.3) is 0 Å². The molecule has 0 spiro atoms. The lowest BCUT2D eigenvalue weighted by Crippen LogP contribution is -2.19. The Morgan fingerprint density at radius 3 is 2.84 bits per heavy atom. The first-order valence-electron chi connectivity index (χ1n) is 13.0. The Kier molecular flexibility index (Phi) is 12.6. The van der Waals surface area contributed by atoms with Crippen molar-refractivity contribution in [3.8, 4) is 0 Å². The van der Waals surface area contributed by atoms with E-state index in [-0.39, 0.29) is 18.0 Å². The van der Waals surface area contributed by atoms with Crippen LogP contribution in [-0.2, 0) is 9.53 Å². The Morgan fingerprint density at radius 1 is 1.28 bits per heavy atom. The Labute approximate surface area is 195 Å². The Morgan fingerprint density at radius 2 is 2.09 bits per heavy atom. The molecule has 0 heterocycles. The fourth-order valence-electron chi connectivity index (χ4n) is 5.40. The predicted octanol–water partition coefficient (Wildman–Crippen LogP) is 4.78. The highest BCUT2D eigenvalue weighted by molar-refractivity contribution is 5.69.